The average molecular weight is 252 g/mol. The second kappa shape index (κ2) is 5.18. The van der Waals surface area contributed by atoms with Crippen LogP contribution < -0.4 is 5.32 Å². The maximum absolute atomic E-state index is 13.7. The normalized spacial score (nSPS) is 10.5. The fraction of sp³-hybridized carbons (Fsp3) is 0.364. The number of nitrogens with zero attached hydrogens (tertiary/aromatic N) is 3. The van der Waals surface area contributed by atoms with Crippen LogP contribution in [0.3, 0.4) is 0 Å². The maximum Gasteiger partial charge on any atom is 0.186 e. The molecule has 0 amide bonds. The number of halogens is 1. The molecule has 2 rings (SSSR count). The lowest BCUT2D eigenvalue weighted by atomic mass is 10.3. The SMILES string of the molecule is CCCNc1nc(-c2cscn2)nc(C)c1F. The molecule has 90 valence electrons. The Morgan fingerprint density at radius 3 is 2.88 bits per heavy atom. The summed E-state index contributed by atoms with van der Waals surface area (Å²) in [5, 5.41) is 4.80. The minimum atomic E-state index is -0.391. The van der Waals surface area contributed by atoms with Gasteiger partial charge in [-0.25, -0.2) is 19.3 Å². The smallest absolute Gasteiger partial charge is 0.186 e. The lowest BCUT2D eigenvalue weighted by molar-refractivity contribution is 0.605. The molecule has 0 atom stereocenters. The van der Waals surface area contributed by atoms with Gasteiger partial charge in [0.15, 0.2) is 17.5 Å². The molecule has 2 aromatic heterocycles. The molecule has 0 bridgehead atoms. The number of rotatable bonds is 4. The molecular formula is C11H13FN4S. The van der Waals surface area contributed by atoms with Crippen LogP contribution in [0.25, 0.3) is 11.5 Å². The van der Waals surface area contributed by atoms with Gasteiger partial charge in [0.2, 0.25) is 0 Å². The standard InChI is InChI=1S/C11H13FN4S/c1-3-4-13-11-9(12)7(2)15-10(16-11)8-5-17-6-14-8/h5-6H,3-4H2,1-2H3,(H,13,15,16). The van der Waals surface area contributed by atoms with E-state index in [0.29, 0.717) is 23.8 Å². The molecule has 1 N–H and O–H groups in total. The van der Waals surface area contributed by atoms with Crippen molar-refractivity contribution < 1.29 is 4.39 Å². The highest BCUT2D eigenvalue weighted by atomic mass is 32.1. The fourth-order valence-electron chi connectivity index (χ4n) is 1.36. The molecule has 0 spiro atoms. The molecular weight excluding hydrogens is 239 g/mol. The highest BCUT2D eigenvalue weighted by Gasteiger charge is 2.13. The van der Waals surface area contributed by atoms with Gasteiger partial charge in [0.25, 0.3) is 0 Å². The van der Waals surface area contributed by atoms with E-state index < -0.39 is 5.82 Å². The first-order chi connectivity index (χ1) is 8.22. The van der Waals surface area contributed by atoms with Crippen molar-refractivity contribution in [1.29, 1.82) is 0 Å². The molecule has 0 aliphatic rings. The van der Waals surface area contributed by atoms with Crippen molar-refractivity contribution in [2.45, 2.75) is 20.3 Å². The van der Waals surface area contributed by atoms with E-state index in [1.54, 1.807) is 12.4 Å². The lowest BCUT2D eigenvalue weighted by Gasteiger charge is -2.08. The highest BCUT2D eigenvalue weighted by molar-refractivity contribution is 7.07. The van der Waals surface area contributed by atoms with E-state index in [-0.39, 0.29) is 5.82 Å². The highest BCUT2D eigenvalue weighted by Crippen LogP contribution is 2.20. The molecule has 4 nitrogen and oxygen atoms in total. The van der Waals surface area contributed by atoms with Crippen LogP contribution in [0, 0.1) is 12.7 Å². The van der Waals surface area contributed by atoms with Crippen LogP contribution >= 0.6 is 11.3 Å². The molecule has 0 aliphatic heterocycles. The minimum Gasteiger partial charge on any atom is -0.368 e. The van der Waals surface area contributed by atoms with Gasteiger partial charge in [0.1, 0.15) is 5.69 Å². The number of nitrogens with one attached hydrogen (secondary N) is 1. The third kappa shape index (κ3) is 2.58. The van der Waals surface area contributed by atoms with E-state index in [1.165, 1.54) is 11.3 Å². The van der Waals surface area contributed by atoms with Gasteiger partial charge in [-0.05, 0) is 13.3 Å². The second-order valence-corrected chi connectivity index (χ2v) is 4.31. The largest absolute Gasteiger partial charge is 0.368 e. The fourth-order valence-corrected chi connectivity index (χ4v) is 1.89. The molecule has 2 aromatic rings. The van der Waals surface area contributed by atoms with E-state index in [0.717, 1.165) is 6.42 Å². The Kier molecular flexibility index (Phi) is 3.63. The molecule has 6 heteroatoms. The molecule has 17 heavy (non-hydrogen) atoms. The summed E-state index contributed by atoms with van der Waals surface area (Å²) in [6.07, 6.45) is 0.911. The van der Waals surface area contributed by atoms with Crippen LogP contribution in [0.5, 0.6) is 0 Å². The zero-order valence-electron chi connectivity index (χ0n) is 9.70. The van der Waals surface area contributed by atoms with Gasteiger partial charge in [-0.3, -0.25) is 0 Å². The summed E-state index contributed by atoms with van der Waals surface area (Å²) in [7, 11) is 0. The number of hydrogen-bond donors (Lipinski definition) is 1. The number of aryl methyl sites for hydroxylation is 1. The van der Waals surface area contributed by atoms with Crippen LogP contribution in [0.4, 0.5) is 10.2 Å². The Morgan fingerprint density at radius 1 is 1.41 bits per heavy atom. The Morgan fingerprint density at radius 2 is 2.24 bits per heavy atom. The van der Waals surface area contributed by atoms with Crippen molar-refractivity contribution in [2.24, 2.45) is 0 Å². The molecule has 0 saturated carbocycles. The van der Waals surface area contributed by atoms with E-state index in [1.807, 2.05) is 12.3 Å². The van der Waals surface area contributed by atoms with Crippen molar-refractivity contribution >= 4 is 17.2 Å². The van der Waals surface area contributed by atoms with Gasteiger partial charge in [-0.1, -0.05) is 6.92 Å². The zero-order valence-corrected chi connectivity index (χ0v) is 10.5. The van der Waals surface area contributed by atoms with Gasteiger partial charge >= 0.3 is 0 Å². The van der Waals surface area contributed by atoms with E-state index in [2.05, 4.69) is 20.3 Å². The van der Waals surface area contributed by atoms with Gasteiger partial charge in [-0.2, -0.15) is 0 Å². The third-order valence-corrected chi connectivity index (χ3v) is 2.81. The summed E-state index contributed by atoms with van der Waals surface area (Å²) in [5.74, 6) is 0.323. The van der Waals surface area contributed by atoms with Crippen LogP contribution in [0.2, 0.25) is 0 Å². The Bertz CT molecular complexity index is 498. The first-order valence-electron chi connectivity index (χ1n) is 5.39. The Labute approximate surface area is 103 Å². The number of aromatic nitrogens is 3. The van der Waals surface area contributed by atoms with Crippen LogP contribution in [0.1, 0.15) is 19.0 Å². The third-order valence-electron chi connectivity index (χ3n) is 2.22. The van der Waals surface area contributed by atoms with Crippen LogP contribution in [-0.2, 0) is 0 Å². The molecule has 0 aliphatic carbocycles. The quantitative estimate of drug-likeness (QED) is 0.909. The van der Waals surface area contributed by atoms with Gasteiger partial charge < -0.3 is 5.32 Å². The zero-order chi connectivity index (χ0) is 12.3. The monoisotopic (exact) mass is 252 g/mol. The number of hydrogen-bond acceptors (Lipinski definition) is 5. The van der Waals surface area contributed by atoms with Crippen LogP contribution in [0.15, 0.2) is 10.9 Å². The summed E-state index contributed by atoms with van der Waals surface area (Å²) >= 11 is 1.46. The van der Waals surface area contributed by atoms with Crippen molar-refractivity contribution in [3.05, 3.63) is 22.4 Å². The van der Waals surface area contributed by atoms with E-state index in [9.17, 15) is 4.39 Å². The van der Waals surface area contributed by atoms with Crippen LogP contribution in [-0.4, -0.2) is 21.5 Å². The molecule has 0 aromatic carbocycles. The van der Waals surface area contributed by atoms with Crippen molar-refractivity contribution in [3.8, 4) is 11.5 Å². The van der Waals surface area contributed by atoms with Crippen molar-refractivity contribution in [1.82, 2.24) is 15.0 Å². The van der Waals surface area contributed by atoms with Crippen molar-refractivity contribution in [3.63, 3.8) is 0 Å². The van der Waals surface area contributed by atoms with Crippen molar-refractivity contribution in [2.75, 3.05) is 11.9 Å². The molecule has 0 unspecified atom stereocenters. The second-order valence-electron chi connectivity index (χ2n) is 3.60. The number of anilines is 1. The Hall–Kier alpha value is -1.56. The topological polar surface area (TPSA) is 50.7 Å². The summed E-state index contributed by atoms with van der Waals surface area (Å²) in [6.45, 7) is 4.33. The lowest BCUT2D eigenvalue weighted by Crippen LogP contribution is -2.08. The van der Waals surface area contributed by atoms with E-state index >= 15 is 0 Å². The first kappa shape index (κ1) is 11.9. The van der Waals surface area contributed by atoms with Gasteiger partial charge in [-0.15, -0.1) is 11.3 Å². The summed E-state index contributed by atoms with van der Waals surface area (Å²) in [5.41, 5.74) is 2.72. The first-order valence-corrected chi connectivity index (χ1v) is 6.33. The summed E-state index contributed by atoms with van der Waals surface area (Å²) in [6, 6.07) is 0. The average Bonchev–Trinajstić information content (AvgIpc) is 2.84. The molecule has 0 fully saturated rings. The summed E-state index contributed by atoms with van der Waals surface area (Å²) in [4.78, 5) is 12.4. The Balaban J connectivity index is 2.39. The number of thiazole rings is 1. The van der Waals surface area contributed by atoms with E-state index in [4.69, 9.17) is 0 Å². The predicted octanol–water partition coefficient (Wildman–Crippen LogP) is 2.87. The van der Waals surface area contributed by atoms with Gasteiger partial charge in [0.05, 0.1) is 11.2 Å². The maximum atomic E-state index is 13.7. The minimum absolute atomic E-state index is 0.252. The predicted molar refractivity (Wildman–Crippen MR) is 66.6 cm³/mol. The van der Waals surface area contributed by atoms with Gasteiger partial charge in [0, 0.05) is 11.9 Å². The molecule has 2 heterocycles. The molecule has 0 radical (unpaired) electrons. The molecule has 0 saturated heterocycles. The summed E-state index contributed by atoms with van der Waals surface area (Å²) < 4.78 is 13.7.